The minimum absolute atomic E-state index is 0.125. The van der Waals surface area contributed by atoms with Gasteiger partial charge < -0.3 is 10.1 Å². The van der Waals surface area contributed by atoms with Crippen LogP contribution in [0.1, 0.15) is 17.2 Å². The lowest BCUT2D eigenvalue weighted by Crippen LogP contribution is -2.30. The van der Waals surface area contributed by atoms with E-state index < -0.39 is 28.4 Å². The average molecular weight is 440 g/mol. The number of carbonyl (C=O) groups excluding carboxylic acids is 2. The van der Waals surface area contributed by atoms with Gasteiger partial charge in [-0.25, -0.2) is 4.98 Å². The number of aliphatic hydroxyl groups excluding tert-OH is 1. The van der Waals surface area contributed by atoms with E-state index in [1.807, 2.05) is 12.1 Å². The number of rotatable bonds is 4. The number of nitro groups is 1. The third kappa shape index (κ3) is 3.32. The topological polar surface area (TPSA) is 129 Å². The molecule has 2 heterocycles. The zero-order valence-electron chi connectivity index (χ0n) is 17.0. The van der Waals surface area contributed by atoms with Gasteiger partial charge >= 0.3 is 5.91 Å². The molecule has 1 aromatic heterocycles. The molecule has 0 aliphatic carbocycles. The summed E-state index contributed by atoms with van der Waals surface area (Å²) in [5.41, 5.74) is 1.81. The predicted octanol–water partition coefficient (Wildman–Crippen LogP) is 4.10. The van der Waals surface area contributed by atoms with Gasteiger partial charge in [-0.05, 0) is 29.8 Å². The summed E-state index contributed by atoms with van der Waals surface area (Å²) in [7, 11) is 0. The van der Waals surface area contributed by atoms with Crippen molar-refractivity contribution in [2.45, 2.75) is 6.04 Å². The van der Waals surface area contributed by atoms with Crippen LogP contribution in [-0.4, -0.2) is 31.7 Å². The molecule has 162 valence electrons. The minimum atomic E-state index is -0.943. The average Bonchev–Trinajstić information content (AvgIpc) is 3.38. The maximum atomic E-state index is 13.1. The molecule has 9 heteroatoms. The molecular weight excluding hydrogens is 424 g/mol. The Kier molecular flexibility index (Phi) is 4.71. The highest BCUT2D eigenvalue weighted by atomic mass is 16.6. The number of amides is 1. The lowest BCUT2D eigenvalue weighted by molar-refractivity contribution is -0.384. The van der Waals surface area contributed by atoms with Crippen molar-refractivity contribution in [1.29, 1.82) is 0 Å². The molecule has 2 N–H and O–H groups in total. The lowest BCUT2D eigenvalue weighted by Gasteiger charge is -2.23. The summed E-state index contributed by atoms with van der Waals surface area (Å²) in [6.07, 6.45) is 0. The van der Waals surface area contributed by atoms with Crippen molar-refractivity contribution in [3.63, 3.8) is 0 Å². The van der Waals surface area contributed by atoms with Crippen molar-refractivity contribution in [3.8, 4) is 0 Å². The van der Waals surface area contributed by atoms with Crippen LogP contribution in [0.25, 0.3) is 16.8 Å². The number of nitro benzene ring substituents is 1. The Morgan fingerprint density at radius 1 is 0.970 bits per heavy atom. The molecule has 9 nitrogen and oxygen atoms in total. The third-order valence-corrected chi connectivity index (χ3v) is 5.52. The van der Waals surface area contributed by atoms with Gasteiger partial charge in [-0.15, -0.1) is 0 Å². The summed E-state index contributed by atoms with van der Waals surface area (Å²) in [6, 6.07) is 20.2. The van der Waals surface area contributed by atoms with E-state index in [4.69, 9.17) is 0 Å². The van der Waals surface area contributed by atoms with Crippen LogP contribution in [-0.2, 0) is 9.59 Å². The van der Waals surface area contributed by atoms with Gasteiger partial charge in [-0.1, -0.05) is 42.5 Å². The van der Waals surface area contributed by atoms with Gasteiger partial charge in [0.1, 0.15) is 5.76 Å². The number of benzene rings is 3. The summed E-state index contributed by atoms with van der Waals surface area (Å²) in [4.78, 5) is 45.4. The molecule has 0 spiro atoms. The number of nitrogens with zero attached hydrogens (tertiary/aromatic N) is 3. The number of aromatic amines is 1. The second-order valence-electron chi connectivity index (χ2n) is 7.46. The molecule has 5 rings (SSSR count). The number of anilines is 1. The number of carbonyl (C=O) groups is 2. The van der Waals surface area contributed by atoms with Crippen molar-refractivity contribution in [2.75, 3.05) is 4.90 Å². The summed E-state index contributed by atoms with van der Waals surface area (Å²) < 4.78 is 0. The minimum Gasteiger partial charge on any atom is -0.507 e. The Balaban J connectivity index is 1.70. The lowest BCUT2D eigenvalue weighted by atomic mass is 9.95. The number of imidazole rings is 1. The van der Waals surface area contributed by atoms with E-state index in [0.29, 0.717) is 16.6 Å². The van der Waals surface area contributed by atoms with E-state index in [0.717, 1.165) is 0 Å². The number of aliphatic hydroxyl groups is 1. The Hall–Kier alpha value is -4.79. The molecule has 1 aliphatic rings. The van der Waals surface area contributed by atoms with Gasteiger partial charge in [-0.3, -0.25) is 24.6 Å². The van der Waals surface area contributed by atoms with Crippen LogP contribution in [0.15, 0.2) is 84.4 Å². The molecule has 0 saturated carbocycles. The molecule has 1 aliphatic heterocycles. The zero-order valence-corrected chi connectivity index (χ0v) is 17.0. The van der Waals surface area contributed by atoms with Crippen LogP contribution in [0, 0.1) is 10.1 Å². The normalized spacial score (nSPS) is 17.6. The van der Waals surface area contributed by atoms with Gasteiger partial charge in [0.15, 0.2) is 0 Å². The molecule has 3 aromatic carbocycles. The number of non-ortho nitro benzene ring substituents is 1. The third-order valence-electron chi connectivity index (χ3n) is 5.52. The number of H-pyrrole nitrogens is 1. The number of hydrogen-bond acceptors (Lipinski definition) is 6. The molecule has 1 atom stereocenters. The second-order valence-corrected chi connectivity index (χ2v) is 7.46. The standard InChI is InChI=1S/C24H16N4O5/c29-21(15-10-12-16(13-11-15)28(32)33)19-20(14-6-2-1-3-7-14)27(23(31)22(19)30)24-25-17-8-4-5-9-18(17)26-24/h1-13,20,29H,(H,25,26)/b21-19+. The molecule has 33 heavy (non-hydrogen) atoms. The van der Waals surface area contributed by atoms with Crippen LogP contribution >= 0.6 is 0 Å². The van der Waals surface area contributed by atoms with Crippen LogP contribution < -0.4 is 4.90 Å². The second kappa shape index (κ2) is 7.72. The van der Waals surface area contributed by atoms with E-state index in [1.54, 1.807) is 42.5 Å². The number of ketones is 1. The Morgan fingerprint density at radius 3 is 2.30 bits per heavy atom. The number of aromatic nitrogens is 2. The van der Waals surface area contributed by atoms with E-state index in [-0.39, 0.29) is 22.8 Å². The highest BCUT2D eigenvalue weighted by Gasteiger charge is 2.48. The monoisotopic (exact) mass is 440 g/mol. The summed E-state index contributed by atoms with van der Waals surface area (Å²) in [5, 5.41) is 22.0. The molecule has 4 aromatic rings. The fourth-order valence-corrected chi connectivity index (χ4v) is 3.95. The van der Waals surface area contributed by atoms with Crippen LogP contribution in [0.3, 0.4) is 0 Å². The SMILES string of the molecule is O=C1C(=O)N(c2nc3ccccc3[nH]2)C(c2ccccc2)/C1=C(\O)c1ccc([N+](=O)[O-])cc1. The van der Waals surface area contributed by atoms with Crippen LogP contribution in [0.4, 0.5) is 11.6 Å². The van der Waals surface area contributed by atoms with Gasteiger partial charge in [0, 0.05) is 17.7 Å². The van der Waals surface area contributed by atoms with Crippen molar-refractivity contribution < 1.29 is 19.6 Å². The van der Waals surface area contributed by atoms with Gasteiger partial charge in [-0.2, -0.15) is 0 Å². The van der Waals surface area contributed by atoms with E-state index in [1.165, 1.54) is 29.2 Å². The first-order valence-corrected chi connectivity index (χ1v) is 10.0. The van der Waals surface area contributed by atoms with Crippen LogP contribution in [0.2, 0.25) is 0 Å². The molecule has 0 radical (unpaired) electrons. The van der Waals surface area contributed by atoms with Crippen molar-refractivity contribution in [3.05, 3.63) is 106 Å². The Morgan fingerprint density at radius 2 is 1.64 bits per heavy atom. The molecular formula is C24H16N4O5. The maximum absolute atomic E-state index is 13.1. The van der Waals surface area contributed by atoms with E-state index in [9.17, 15) is 24.8 Å². The first-order valence-electron chi connectivity index (χ1n) is 10.0. The smallest absolute Gasteiger partial charge is 0.302 e. The number of hydrogen-bond donors (Lipinski definition) is 2. The van der Waals surface area contributed by atoms with Crippen molar-refractivity contribution >= 4 is 40.1 Å². The molecule has 0 bridgehead atoms. The first kappa shape index (κ1) is 20.1. The first-order chi connectivity index (χ1) is 16.0. The molecule has 1 saturated heterocycles. The highest BCUT2D eigenvalue weighted by molar-refractivity contribution is 6.51. The highest BCUT2D eigenvalue weighted by Crippen LogP contribution is 2.41. The van der Waals surface area contributed by atoms with Crippen LogP contribution in [0.5, 0.6) is 0 Å². The largest absolute Gasteiger partial charge is 0.507 e. The summed E-state index contributed by atoms with van der Waals surface area (Å²) >= 11 is 0. The molecule has 1 amide bonds. The summed E-state index contributed by atoms with van der Waals surface area (Å²) in [5.74, 6) is -1.96. The van der Waals surface area contributed by atoms with Gasteiger partial charge in [0.25, 0.3) is 11.5 Å². The van der Waals surface area contributed by atoms with Crippen molar-refractivity contribution in [1.82, 2.24) is 9.97 Å². The summed E-state index contributed by atoms with van der Waals surface area (Å²) in [6.45, 7) is 0. The van der Waals surface area contributed by atoms with E-state index in [2.05, 4.69) is 9.97 Å². The fourth-order valence-electron chi connectivity index (χ4n) is 3.95. The quantitative estimate of drug-likeness (QED) is 0.162. The number of Topliss-reactive ketones (excluding diaryl/α,β-unsaturated/α-hetero) is 1. The number of fused-ring (bicyclic) bond motifs is 1. The van der Waals surface area contributed by atoms with Crippen molar-refractivity contribution in [2.24, 2.45) is 0 Å². The number of para-hydroxylation sites is 2. The zero-order chi connectivity index (χ0) is 23.1. The predicted molar refractivity (Wildman–Crippen MR) is 120 cm³/mol. The molecule has 1 unspecified atom stereocenters. The Bertz CT molecular complexity index is 1410. The fraction of sp³-hybridized carbons (Fsp3) is 0.0417. The Labute approximate surface area is 186 Å². The number of nitrogens with one attached hydrogen (secondary N) is 1. The van der Waals surface area contributed by atoms with Gasteiger partial charge in [0.05, 0.1) is 27.6 Å². The maximum Gasteiger partial charge on any atom is 0.302 e. The molecule has 1 fully saturated rings. The van der Waals surface area contributed by atoms with E-state index >= 15 is 0 Å². The van der Waals surface area contributed by atoms with Gasteiger partial charge in [0.2, 0.25) is 5.95 Å².